The summed E-state index contributed by atoms with van der Waals surface area (Å²) in [6.45, 7) is 5.68. The number of nitrogens with one attached hydrogen (secondary N) is 3. The van der Waals surface area contributed by atoms with Crippen molar-refractivity contribution in [2.24, 2.45) is 4.99 Å². The predicted octanol–water partition coefficient (Wildman–Crippen LogP) is 3.10. The third-order valence-electron chi connectivity index (χ3n) is 3.59. The lowest BCUT2D eigenvalue weighted by atomic mass is 10.2. The number of guanidine groups is 1. The fourth-order valence-corrected chi connectivity index (χ4v) is 2.35. The normalized spacial score (nSPS) is 10.6. The summed E-state index contributed by atoms with van der Waals surface area (Å²) in [5, 5.41) is 18.2. The van der Waals surface area contributed by atoms with Gasteiger partial charge in [-0.05, 0) is 44.2 Å². The first-order chi connectivity index (χ1) is 13.1. The third-order valence-corrected chi connectivity index (χ3v) is 3.59. The lowest BCUT2D eigenvalue weighted by molar-refractivity contribution is -0.115. The fourth-order valence-electron chi connectivity index (χ4n) is 2.35. The summed E-state index contributed by atoms with van der Waals surface area (Å²) < 4.78 is 5.61. The molecule has 0 aliphatic carbocycles. The highest BCUT2D eigenvalue weighted by atomic mass is 127. The molecule has 0 spiro atoms. The van der Waals surface area contributed by atoms with Crippen molar-refractivity contribution in [3.05, 3.63) is 54.1 Å². The van der Waals surface area contributed by atoms with Crippen LogP contribution in [0.25, 0.3) is 0 Å². The van der Waals surface area contributed by atoms with Crippen LogP contribution in [0.5, 0.6) is 11.5 Å². The summed E-state index contributed by atoms with van der Waals surface area (Å²) >= 11 is 0. The van der Waals surface area contributed by atoms with Crippen LogP contribution >= 0.6 is 24.0 Å². The van der Waals surface area contributed by atoms with E-state index in [1.165, 1.54) is 12.1 Å². The molecule has 0 heterocycles. The second-order valence-electron chi connectivity index (χ2n) is 5.68. The van der Waals surface area contributed by atoms with Gasteiger partial charge in [0.25, 0.3) is 0 Å². The van der Waals surface area contributed by atoms with Crippen LogP contribution in [0.15, 0.2) is 53.5 Å². The number of anilines is 1. The number of benzene rings is 2. The van der Waals surface area contributed by atoms with Crippen molar-refractivity contribution >= 4 is 41.5 Å². The van der Waals surface area contributed by atoms with Crippen LogP contribution in [0.2, 0.25) is 0 Å². The topological polar surface area (TPSA) is 95.0 Å². The van der Waals surface area contributed by atoms with Gasteiger partial charge in [-0.25, -0.2) is 4.99 Å². The average molecular weight is 498 g/mol. The van der Waals surface area contributed by atoms with Gasteiger partial charge < -0.3 is 25.8 Å². The van der Waals surface area contributed by atoms with Gasteiger partial charge in [0.05, 0.1) is 19.7 Å². The minimum Gasteiger partial charge on any atom is -0.508 e. The summed E-state index contributed by atoms with van der Waals surface area (Å²) in [5.74, 6) is 1.30. The van der Waals surface area contributed by atoms with Crippen molar-refractivity contribution < 1.29 is 14.6 Å². The average Bonchev–Trinajstić information content (AvgIpc) is 2.67. The second-order valence-corrected chi connectivity index (χ2v) is 5.68. The maximum atomic E-state index is 12.1. The SMILES string of the molecule is CCNC(=NCc1ccccc1OCC)NCC(=O)Nc1ccc(O)cc1.I. The first-order valence-corrected chi connectivity index (χ1v) is 8.94. The molecule has 0 aliphatic heterocycles. The highest BCUT2D eigenvalue weighted by Gasteiger charge is 2.06. The molecule has 0 fully saturated rings. The molecule has 152 valence electrons. The first-order valence-electron chi connectivity index (χ1n) is 8.94. The minimum atomic E-state index is -0.207. The van der Waals surface area contributed by atoms with Crippen molar-refractivity contribution in [1.82, 2.24) is 10.6 Å². The molecule has 0 aromatic heterocycles. The van der Waals surface area contributed by atoms with Gasteiger partial charge in [0.15, 0.2) is 5.96 Å². The number of rotatable bonds is 8. The Bertz CT molecular complexity index is 766. The van der Waals surface area contributed by atoms with Crippen molar-refractivity contribution in [1.29, 1.82) is 0 Å². The van der Waals surface area contributed by atoms with Gasteiger partial charge in [0.2, 0.25) is 5.91 Å². The molecule has 28 heavy (non-hydrogen) atoms. The fraction of sp³-hybridized carbons (Fsp3) is 0.300. The third kappa shape index (κ3) is 8.03. The van der Waals surface area contributed by atoms with E-state index in [4.69, 9.17) is 4.74 Å². The Kier molecular flexibility index (Phi) is 10.8. The molecular formula is C20H27IN4O3. The number of halogens is 1. The van der Waals surface area contributed by atoms with E-state index >= 15 is 0 Å². The van der Waals surface area contributed by atoms with Gasteiger partial charge in [-0.3, -0.25) is 4.79 Å². The van der Waals surface area contributed by atoms with Crippen LogP contribution in [-0.2, 0) is 11.3 Å². The van der Waals surface area contributed by atoms with E-state index in [0.29, 0.717) is 31.3 Å². The zero-order valence-electron chi connectivity index (χ0n) is 16.1. The molecule has 1 amide bonds. The van der Waals surface area contributed by atoms with Gasteiger partial charge in [0, 0.05) is 17.8 Å². The van der Waals surface area contributed by atoms with E-state index in [0.717, 1.165) is 11.3 Å². The molecule has 0 radical (unpaired) electrons. The van der Waals surface area contributed by atoms with Gasteiger partial charge in [-0.1, -0.05) is 18.2 Å². The number of ether oxygens (including phenoxy) is 1. The maximum Gasteiger partial charge on any atom is 0.243 e. The molecule has 4 N–H and O–H groups in total. The highest BCUT2D eigenvalue weighted by Crippen LogP contribution is 2.18. The number of aromatic hydroxyl groups is 1. The van der Waals surface area contributed by atoms with Crippen LogP contribution in [0.3, 0.4) is 0 Å². The van der Waals surface area contributed by atoms with Crippen LogP contribution in [0.1, 0.15) is 19.4 Å². The number of phenolic OH excluding ortho intramolecular Hbond substituents is 1. The molecule has 0 saturated carbocycles. The zero-order chi connectivity index (χ0) is 19.5. The molecule has 0 saturated heterocycles. The van der Waals surface area contributed by atoms with Crippen LogP contribution in [0.4, 0.5) is 5.69 Å². The summed E-state index contributed by atoms with van der Waals surface area (Å²) in [6.07, 6.45) is 0. The van der Waals surface area contributed by atoms with E-state index in [1.807, 2.05) is 38.1 Å². The van der Waals surface area contributed by atoms with Gasteiger partial charge in [-0.15, -0.1) is 24.0 Å². The molecular weight excluding hydrogens is 471 g/mol. The number of carbonyl (C=O) groups excluding carboxylic acids is 1. The summed E-state index contributed by atoms with van der Waals surface area (Å²) in [4.78, 5) is 16.6. The number of phenols is 1. The minimum absolute atomic E-state index is 0. The van der Waals surface area contributed by atoms with Crippen molar-refractivity contribution in [2.45, 2.75) is 20.4 Å². The van der Waals surface area contributed by atoms with Gasteiger partial charge in [0.1, 0.15) is 11.5 Å². The molecule has 0 bridgehead atoms. The van der Waals surface area contributed by atoms with E-state index in [9.17, 15) is 9.90 Å². The predicted molar refractivity (Wildman–Crippen MR) is 123 cm³/mol. The number of carbonyl (C=O) groups is 1. The molecule has 0 atom stereocenters. The second kappa shape index (κ2) is 12.8. The summed E-state index contributed by atoms with van der Waals surface area (Å²) in [7, 11) is 0. The highest BCUT2D eigenvalue weighted by molar-refractivity contribution is 14.0. The molecule has 2 aromatic rings. The van der Waals surface area contributed by atoms with E-state index in [2.05, 4.69) is 20.9 Å². The van der Waals surface area contributed by atoms with E-state index < -0.39 is 0 Å². The molecule has 8 heteroatoms. The standard InChI is InChI=1S/C20H26N4O3.HI/c1-3-21-20(22-13-15-7-5-6-8-18(15)27-4-2)23-14-19(26)24-16-9-11-17(25)12-10-16;/h5-12,25H,3-4,13-14H2,1-2H3,(H,24,26)(H2,21,22,23);1H. The smallest absolute Gasteiger partial charge is 0.243 e. The monoisotopic (exact) mass is 498 g/mol. The van der Waals surface area contributed by atoms with E-state index in [-0.39, 0.29) is 42.2 Å². The van der Waals surface area contributed by atoms with Crippen LogP contribution < -0.4 is 20.7 Å². The van der Waals surface area contributed by atoms with Gasteiger partial charge in [-0.2, -0.15) is 0 Å². The number of nitrogens with zero attached hydrogens (tertiary/aromatic N) is 1. The van der Waals surface area contributed by atoms with Crippen molar-refractivity contribution in [2.75, 3.05) is 25.0 Å². The Labute approximate surface area is 182 Å². The molecule has 7 nitrogen and oxygen atoms in total. The lowest BCUT2D eigenvalue weighted by Gasteiger charge is -2.13. The lowest BCUT2D eigenvalue weighted by Crippen LogP contribution is -2.41. The Morgan fingerprint density at radius 1 is 1.07 bits per heavy atom. The summed E-state index contributed by atoms with van der Waals surface area (Å²) in [5.41, 5.74) is 1.59. The zero-order valence-corrected chi connectivity index (χ0v) is 18.4. The summed E-state index contributed by atoms with van der Waals surface area (Å²) in [6, 6.07) is 14.1. The van der Waals surface area contributed by atoms with Crippen LogP contribution in [0, 0.1) is 0 Å². The quantitative estimate of drug-likeness (QED) is 0.194. The van der Waals surface area contributed by atoms with Crippen LogP contribution in [-0.4, -0.2) is 36.7 Å². The van der Waals surface area contributed by atoms with E-state index in [1.54, 1.807) is 12.1 Å². The number of hydrogen-bond donors (Lipinski definition) is 4. The molecule has 0 unspecified atom stereocenters. The van der Waals surface area contributed by atoms with Crippen molar-refractivity contribution in [3.63, 3.8) is 0 Å². The number of aliphatic imine (C=N–C) groups is 1. The molecule has 0 aliphatic rings. The Morgan fingerprint density at radius 2 is 1.79 bits per heavy atom. The first kappa shape index (κ1) is 23.5. The number of amides is 1. The Morgan fingerprint density at radius 3 is 2.46 bits per heavy atom. The number of hydrogen-bond acceptors (Lipinski definition) is 4. The van der Waals surface area contributed by atoms with Crippen molar-refractivity contribution in [3.8, 4) is 11.5 Å². The molecule has 2 aromatic carbocycles. The maximum absolute atomic E-state index is 12.1. The Hall–Kier alpha value is -2.49. The van der Waals surface area contributed by atoms with Gasteiger partial charge >= 0.3 is 0 Å². The largest absolute Gasteiger partial charge is 0.508 e. The Balaban J connectivity index is 0.00000392. The molecule has 2 rings (SSSR count). The number of para-hydroxylation sites is 1.